The van der Waals surface area contributed by atoms with Crippen LogP contribution in [0, 0.1) is 6.92 Å². The van der Waals surface area contributed by atoms with E-state index < -0.39 is 0 Å². The molecule has 3 aromatic carbocycles. The van der Waals surface area contributed by atoms with Crippen LogP contribution in [0.25, 0.3) is 22.2 Å². The van der Waals surface area contributed by atoms with E-state index in [0.29, 0.717) is 0 Å². The lowest BCUT2D eigenvalue weighted by Gasteiger charge is -2.09. The highest BCUT2D eigenvalue weighted by Crippen LogP contribution is 2.24. The van der Waals surface area contributed by atoms with Gasteiger partial charge in [-0.1, -0.05) is 59.6 Å². The standard InChI is InChI=1S/C26H22ClN3S/c1-18-6-12-22(13-7-18)29-26-30(25(17-31-26)19-8-10-21(27)11-9-19)15-14-20-16-28-24-5-3-2-4-23(20)24/h2-13,16-17,28H,14-15H2,1H3. The lowest BCUT2D eigenvalue weighted by atomic mass is 10.1. The zero-order valence-corrected chi connectivity index (χ0v) is 18.8. The van der Waals surface area contributed by atoms with Crippen LogP contribution >= 0.6 is 22.9 Å². The molecule has 1 N–H and O–H groups in total. The van der Waals surface area contributed by atoms with Gasteiger partial charge in [-0.2, -0.15) is 0 Å². The lowest BCUT2D eigenvalue weighted by molar-refractivity contribution is 0.686. The van der Waals surface area contributed by atoms with Crippen LogP contribution in [0.4, 0.5) is 5.69 Å². The zero-order chi connectivity index (χ0) is 21.2. The largest absolute Gasteiger partial charge is 0.361 e. The normalized spacial score (nSPS) is 12.0. The fourth-order valence-electron chi connectivity index (χ4n) is 3.79. The molecule has 5 aromatic rings. The zero-order valence-electron chi connectivity index (χ0n) is 17.2. The Morgan fingerprint density at radius 2 is 1.74 bits per heavy atom. The average molecular weight is 444 g/mol. The van der Waals surface area contributed by atoms with Gasteiger partial charge in [0.15, 0.2) is 4.80 Å². The van der Waals surface area contributed by atoms with Gasteiger partial charge >= 0.3 is 0 Å². The van der Waals surface area contributed by atoms with Crippen LogP contribution in [-0.4, -0.2) is 9.55 Å². The molecule has 2 heterocycles. The number of H-pyrrole nitrogens is 1. The van der Waals surface area contributed by atoms with E-state index in [2.05, 4.69) is 88.7 Å². The molecule has 3 nitrogen and oxygen atoms in total. The Morgan fingerprint density at radius 3 is 2.55 bits per heavy atom. The van der Waals surface area contributed by atoms with Gasteiger partial charge in [-0.15, -0.1) is 11.3 Å². The Morgan fingerprint density at radius 1 is 0.968 bits per heavy atom. The topological polar surface area (TPSA) is 33.1 Å². The second kappa shape index (κ2) is 8.58. The summed E-state index contributed by atoms with van der Waals surface area (Å²) in [6.07, 6.45) is 3.04. The number of para-hydroxylation sites is 1. The second-order valence-corrected chi connectivity index (χ2v) is 8.89. The monoisotopic (exact) mass is 443 g/mol. The molecule has 0 saturated carbocycles. The van der Waals surface area contributed by atoms with Gasteiger partial charge in [0.25, 0.3) is 0 Å². The molecule has 154 valence electrons. The predicted octanol–water partition coefficient (Wildman–Crippen LogP) is 7.13. The SMILES string of the molecule is Cc1ccc(N=c2scc(-c3ccc(Cl)cc3)n2CCc2c[nH]c3ccccc23)cc1. The minimum absolute atomic E-state index is 0.744. The molecule has 5 heteroatoms. The third-order valence-electron chi connectivity index (χ3n) is 5.48. The fraction of sp³-hybridized carbons (Fsp3) is 0.115. The molecule has 0 saturated heterocycles. The van der Waals surface area contributed by atoms with Gasteiger partial charge in [-0.05, 0) is 54.8 Å². The molecule has 2 aromatic heterocycles. The van der Waals surface area contributed by atoms with Crippen molar-refractivity contribution < 1.29 is 0 Å². The van der Waals surface area contributed by atoms with E-state index in [-0.39, 0.29) is 0 Å². The van der Waals surface area contributed by atoms with E-state index in [1.54, 1.807) is 11.3 Å². The number of aromatic nitrogens is 2. The molecule has 0 amide bonds. The van der Waals surface area contributed by atoms with E-state index >= 15 is 0 Å². The first-order valence-electron chi connectivity index (χ1n) is 10.3. The number of hydrogen-bond acceptors (Lipinski definition) is 2. The number of aromatic amines is 1. The Bertz CT molecular complexity index is 1390. The summed E-state index contributed by atoms with van der Waals surface area (Å²) in [6.45, 7) is 2.93. The molecular formula is C26H22ClN3S. The number of nitrogens with zero attached hydrogens (tertiary/aromatic N) is 2. The van der Waals surface area contributed by atoms with Crippen molar-refractivity contribution in [3.05, 3.63) is 105 Å². The van der Waals surface area contributed by atoms with Crippen molar-refractivity contribution in [3.63, 3.8) is 0 Å². The van der Waals surface area contributed by atoms with Crippen molar-refractivity contribution in [2.24, 2.45) is 4.99 Å². The van der Waals surface area contributed by atoms with Gasteiger partial charge in [0.2, 0.25) is 0 Å². The van der Waals surface area contributed by atoms with Gasteiger partial charge in [-0.3, -0.25) is 0 Å². The van der Waals surface area contributed by atoms with Gasteiger partial charge in [0, 0.05) is 34.0 Å². The molecule has 0 unspecified atom stereocenters. The molecular weight excluding hydrogens is 422 g/mol. The van der Waals surface area contributed by atoms with Gasteiger partial charge < -0.3 is 9.55 Å². The van der Waals surface area contributed by atoms with E-state index in [4.69, 9.17) is 16.6 Å². The third kappa shape index (κ3) is 4.22. The number of nitrogens with one attached hydrogen (secondary N) is 1. The van der Waals surface area contributed by atoms with Crippen LogP contribution in [0.15, 0.2) is 89.4 Å². The fourth-order valence-corrected chi connectivity index (χ4v) is 4.87. The second-order valence-electron chi connectivity index (χ2n) is 7.62. The third-order valence-corrected chi connectivity index (χ3v) is 6.59. The summed E-state index contributed by atoms with van der Waals surface area (Å²) in [7, 11) is 0. The van der Waals surface area contributed by atoms with E-state index in [1.807, 2.05) is 12.1 Å². The van der Waals surface area contributed by atoms with Crippen LogP contribution in [0.2, 0.25) is 5.02 Å². The molecule has 0 atom stereocenters. The van der Waals surface area contributed by atoms with Gasteiger partial charge in [0.05, 0.1) is 11.4 Å². The minimum atomic E-state index is 0.744. The van der Waals surface area contributed by atoms with Gasteiger partial charge in [0.1, 0.15) is 0 Å². The number of fused-ring (bicyclic) bond motifs is 1. The van der Waals surface area contributed by atoms with Gasteiger partial charge in [-0.25, -0.2) is 4.99 Å². The molecule has 31 heavy (non-hydrogen) atoms. The Kier molecular flexibility index (Phi) is 5.49. The quantitative estimate of drug-likeness (QED) is 0.299. The summed E-state index contributed by atoms with van der Waals surface area (Å²) in [5, 5.41) is 4.21. The molecule has 0 radical (unpaired) electrons. The van der Waals surface area contributed by atoms with Crippen molar-refractivity contribution in [3.8, 4) is 11.3 Å². The Balaban J connectivity index is 1.56. The van der Waals surface area contributed by atoms with Crippen molar-refractivity contribution in [2.45, 2.75) is 19.9 Å². The number of thiazole rings is 1. The van der Waals surface area contributed by atoms with Crippen molar-refractivity contribution in [2.75, 3.05) is 0 Å². The van der Waals surface area contributed by atoms with Crippen LogP contribution < -0.4 is 4.80 Å². The van der Waals surface area contributed by atoms with E-state index in [1.165, 1.54) is 22.0 Å². The van der Waals surface area contributed by atoms with E-state index in [9.17, 15) is 0 Å². The summed E-state index contributed by atoms with van der Waals surface area (Å²) >= 11 is 7.79. The van der Waals surface area contributed by atoms with Crippen LogP contribution in [0.1, 0.15) is 11.1 Å². The summed E-state index contributed by atoms with van der Waals surface area (Å²) in [6, 6.07) is 24.8. The Labute approximate surface area is 190 Å². The molecule has 0 aliphatic heterocycles. The summed E-state index contributed by atoms with van der Waals surface area (Å²) in [5.41, 5.74) is 7.00. The number of aryl methyl sites for hydroxylation is 2. The van der Waals surface area contributed by atoms with Crippen molar-refractivity contribution in [1.82, 2.24) is 9.55 Å². The minimum Gasteiger partial charge on any atom is -0.361 e. The lowest BCUT2D eigenvalue weighted by Crippen LogP contribution is -2.17. The first-order chi connectivity index (χ1) is 15.2. The maximum atomic E-state index is 6.12. The smallest absolute Gasteiger partial charge is 0.190 e. The maximum absolute atomic E-state index is 6.12. The Hall–Kier alpha value is -3.08. The summed E-state index contributed by atoms with van der Waals surface area (Å²) < 4.78 is 2.32. The average Bonchev–Trinajstić information content (AvgIpc) is 3.38. The highest BCUT2D eigenvalue weighted by Gasteiger charge is 2.10. The molecule has 0 aliphatic carbocycles. The molecule has 0 bridgehead atoms. The van der Waals surface area contributed by atoms with Crippen LogP contribution in [0.3, 0.4) is 0 Å². The van der Waals surface area contributed by atoms with Crippen molar-refractivity contribution >= 4 is 39.5 Å². The van der Waals surface area contributed by atoms with Crippen LogP contribution in [-0.2, 0) is 13.0 Å². The van der Waals surface area contributed by atoms with E-state index in [0.717, 1.165) is 39.7 Å². The molecule has 0 fully saturated rings. The molecule has 0 spiro atoms. The first kappa shape index (κ1) is 19.9. The summed E-state index contributed by atoms with van der Waals surface area (Å²) in [5.74, 6) is 0. The first-order valence-corrected chi connectivity index (χ1v) is 11.5. The number of halogens is 1. The molecule has 5 rings (SSSR count). The number of benzene rings is 3. The van der Waals surface area contributed by atoms with Crippen LogP contribution in [0.5, 0.6) is 0 Å². The highest BCUT2D eigenvalue weighted by atomic mass is 35.5. The van der Waals surface area contributed by atoms with Crippen molar-refractivity contribution in [1.29, 1.82) is 0 Å². The maximum Gasteiger partial charge on any atom is 0.190 e. The predicted molar refractivity (Wildman–Crippen MR) is 131 cm³/mol. The summed E-state index contributed by atoms with van der Waals surface area (Å²) in [4.78, 5) is 9.34. The number of rotatable bonds is 5. The highest BCUT2D eigenvalue weighted by molar-refractivity contribution is 7.07. The number of hydrogen-bond donors (Lipinski definition) is 1. The molecule has 0 aliphatic rings.